The average Bonchev–Trinajstić information content (AvgIpc) is 3.51. The van der Waals surface area contributed by atoms with Gasteiger partial charge in [0.25, 0.3) is 5.91 Å². The summed E-state index contributed by atoms with van der Waals surface area (Å²) < 4.78 is 18.3. The molecule has 3 heterocycles. The Kier molecular flexibility index (Phi) is 6.21. The molecule has 1 N–H and O–H groups in total. The van der Waals surface area contributed by atoms with Crippen LogP contribution in [0.5, 0.6) is 11.5 Å². The second-order valence-corrected chi connectivity index (χ2v) is 8.44. The van der Waals surface area contributed by atoms with E-state index in [0.29, 0.717) is 46.3 Å². The van der Waals surface area contributed by atoms with Crippen LogP contribution in [-0.2, 0) is 11.3 Å². The predicted octanol–water partition coefficient (Wildman–Crippen LogP) is 4.16. The molecule has 0 radical (unpaired) electrons. The summed E-state index contributed by atoms with van der Waals surface area (Å²) in [5.74, 6) is 1.45. The number of hydrogen-bond acceptors (Lipinski definition) is 8. The fourth-order valence-corrected chi connectivity index (χ4v) is 4.23. The Morgan fingerprint density at radius 2 is 2.20 bits per heavy atom. The molecule has 1 aromatic carbocycles. The zero-order chi connectivity index (χ0) is 21.1. The van der Waals surface area contributed by atoms with Gasteiger partial charge in [-0.1, -0.05) is 11.6 Å². The monoisotopic (exact) mass is 448 g/mol. The molecule has 0 aliphatic carbocycles. The zero-order valence-electron chi connectivity index (χ0n) is 16.6. The Bertz CT molecular complexity index is 1050. The summed E-state index contributed by atoms with van der Waals surface area (Å²) in [7, 11) is 3.06. The van der Waals surface area contributed by atoms with Gasteiger partial charge in [-0.05, 0) is 37.1 Å². The number of hydrogen-bond donors (Lipinski definition) is 1. The number of benzene rings is 1. The molecule has 0 spiro atoms. The first-order valence-electron chi connectivity index (χ1n) is 9.42. The summed E-state index contributed by atoms with van der Waals surface area (Å²) in [6.07, 6.45) is 1.55. The zero-order valence-corrected chi connectivity index (χ0v) is 18.1. The van der Waals surface area contributed by atoms with Gasteiger partial charge in [0.15, 0.2) is 5.82 Å². The molecule has 1 atom stereocenters. The van der Waals surface area contributed by atoms with Crippen molar-refractivity contribution in [2.45, 2.75) is 25.5 Å². The Morgan fingerprint density at radius 3 is 2.87 bits per heavy atom. The normalized spacial score (nSPS) is 15.9. The number of nitrogens with one attached hydrogen (secondary N) is 1. The van der Waals surface area contributed by atoms with Gasteiger partial charge in [0, 0.05) is 17.6 Å². The van der Waals surface area contributed by atoms with Crippen molar-refractivity contribution >= 4 is 34.8 Å². The van der Waals surface area contributed by atoms with E-state index in [4.69, 9.17) is 25.8 Å². The highest BCUT2D eigenvalue weighted by Gasteiger charge is 2.27. The number of halogens is 1. The van der Waals surface area contributed by atoms with Crippen molar-refractivity contribution in [3.05, 3.63) is 50.9 Å². The number of carbonyl (C=O) groups excluding carboxylic acids is 1. The molecule has 0 amide bonds. The SMILES string of the molecule is COc1ccc(C(=O)n2nc(C3CCCO3)nc2NCc2ccc(Cl)s2)c(OC)c1. The topological polar surface area (TPSA) is 87.5 Å². The van der Waals surface area contributed by atoms with Gasteiger partial charge < -0.3 is 19.5 Å². The molecule has 10 heteroatoms. The molecule has 2 aromatic heterocycles. The highest BCUT2D eigenvalue weighted by atomic mass is 35.5. The van der Waals surface area contributed by atoms with E-state index in [2.05, 4.69) is 15.4 Å². The van der Waals surface area contributed by atoms with E-state index in [1.165, 1.54) is 23.1 Å². The molecule has 8 nitrogen and oxygen atoms in total. The van der Waals surface area contributed by atoms with Gasteiger partial charge in [-0.2, -0.15) is 9.67 Å². The van der Waals surface area contributed by atoms with Gasteiger partial charge in [-0.15, -0.1) is 16.4 Å². The fourth-order valence-electron chi connectivity index (χ4n) is 3.20. The first-order chi connectivity index (χ1) is 14.6. The lowest BCUT2D eigenvalue weighted by atomic mass is 10.2. The average molecular weight is 449 g/mol. The molecule has 0 saturated carbocycles. The fraction of sp³-hybridized carbons (Fsp3) is 0.350. The lowest BCUT2D eigenvalue weighted by Gasteiger charge is -2.11. The number of carbonyl (C=O) groups is 1. The Morgan fingerprint density at radius 1 is 1.33 bits per heavy atom. The maximum Gasteiger partial charge on any atom is 0.285 e. The number of anilines is 1. The molecule has 158 valence electrons. The van der Waals surface area contributed by atoms with E-state index in [1.807, 2.05) is 12.1 Å². The second kappa shape index (κ2) is 9.03. The van der Waals surface area contributed by atoms with Crippen LogP contribution in [-0.4, -0.2) is 41.5 Å². The van der Waals surface area contributed by atoms with Crippen LogP contribution in [0, 0.1) is 0 Å². The van der Waals surface area contributed by atoms with Crippen molar-refractivity contribution in [3.63, 3.8) is 0 Å². The van der Waals surface area contributed by atoms with E-state index in [1.54, 1.807) is 25.3 Å². The minimum absolute atomic E-state index is 0.214. The lowest BCUT2D eigenvalue weighted by molar-refractivity contribution is 0.0930. The van der Waals surface area contributed by atoms with Crippen molar-refractivity contribution in [1.29, 1.82) is 0 Å². The molecule has 4 rings (SSSR count). The summed E-state index contributed by atoms with van der Waals surface area (Å²) in [6, 6.07) is 8.77. The third-order valence-electron chi connectivity index (χ3n) is 4.72. The number of rotatable bonds is 7. The van der Waals surface area contributed by atoms with Crippen molar-refractivity contribution in [3.8, 4) is 11.5 Å². The van der Waals surface area contributed by atoms with Crippen molar-refractivity contribution in [1.82, 2.24) is 14.8 Å². The van der Waals surface area contributed by atoms with Gasteiger partial charge in [0.1, 0.15) is 17.6 Å². The standard InChI is InChI=1S/C20H21ClN4O4S/c1-27-12-5-7-14(16(10-12)28-2)19(26)25-20(22-11-13-6-8-17(21)30-13)23-18(24-25)15-4-3-9-29-15/h5-8,10,15H,3-4,9,11H2,1-2H3,(H,22,23,24). The van der Waals surface area contributed by atoms with E-state index in [-0.39, 0.29) is 12.0 Å². The number of aromatic nitrogens is 3. The van der Waals surface area contributed by atoms with E-state index < -0.39 is 0 Å². The van der Waals surface area contributed by atoms with Crippen LogP contribution in [0.3, 0.4) is 0 Å². The minimum Gasteiger partial charge on any atom is -0.497 e. The number of ether oxygens (including phenoxy) is 3. The van der Waals surface area contributed by atoms with Crippen LogP contribution >= 0.6 is 22.9 Å². The Hall–Kier alpha value is -2.62. The maximum absolute atomic E-state index is 13.3. The summed E-state index contributed by atoms with van der Waals surface area (Å²) in [6.45, 7) is 1.13. The van der Waals surface area contributed by atoms with Crippen LogP contribution in [0.25, 0.3) is 0 Å². The van der Waals surface area contributed by atoms with E-state index in [0.717, 1.165) is 17.7 Å². The van der Waals surface area contributed by atoms with Gasteiger partial charge in [0.05, 0.1) is 30.7 Å². The number of methoxy groups -OCH3 is 2. The summed E-state index contributed by atoms with van der Waals surface area (Å²) >= 11 is 7.48. The summed E-state index contributed by atoms with van der Waals surface area (Å²) in [5.41, 5.74) is 0.351. The lowest BCUT2D eigenvalue weighted by Crippen LogP contribution is -2.18. The molecule has 1 aliphatic rings. The van der Waals surface area contributed by atoms with E-state index >= 15 is 0 Å². The smallest absolute Gasteiger partial charge is 0.285 e. The molecule has 0 bridgehead atoms. The molecular weight excluding hydrogens is 428 g/mol. The highest BCUT2D eigenvalue weighted by molar-refractivity contribution is 7.16. The number of nitrogens with zero attached hydrogens (tertiary/aromatic N) is 3. The van der Waals surface area contributed by atoms with Crippen LogP contribution in [0.4, 0.5) is 5.95 Å². The van der Waals surface area contributed by atoms with Gasteiger partial charge in [-0.25, -0.2) is 0 Å². The Balaban J connectivity index is 1.67. The third-order valence-corrected chi connectivity index (χ3v) is 5.95. The van der Waals surface area contributed by atoms with Crippen molar-refractivity contribution < 1.29 is 19.0 Å². The van der Waals surface area contributed by atoms with Gasteiger partial charge >= 0.3 is 0 Å². The number of thiophene rings is 1. The van der Waals surface area contributed by atoms with Gasteiger partial charge in [-0.3, -0.25) is 4.79 Å². The molecule has 1 aliphatic heterocycles. The molecular formula is C20H21ClN4O4S. The maximum atomic E-state index is 13.3. The highest BCUT2D eigenvalue weighted by Crippen LogP contribution is 2.30. The quantitative estimate of drug-likeness (QED) is 0.580. The summed E-state index contributed by atoms with van der Waals surface area (Å²) in [4.78, 5) is 18.9. The molecule has 3 aromatic rings. The van der Waals surface area contributed by atoms with Crippen LogP contribution in [0.15, 0.2) is 30.3 Å². The van der Waals surface area contributed by atoms with Crippen LogP contribution in [0.1, 0.15) is 40.0 Å². The third kappa shape index (κ3) is 4.28. The summed E-state index contributed by atoms with van der Waals surface area (Å²) in [5, 5.41) is 7.66. The van der Waals surface area contributed by atoms with Crippen molar-refractivity contribution in [2.75, 3.05) is 26.1 Å². The van der Waals surface area contributed by atoms with Crippen molar-refractivity contribution in [2.24, 2.45) is 0 Å². The first-order valence-corrected chi connectivity index (χ1v) is 10.6. The molecule has 1 fully saturated rings. The molecule has 1 saturated heterocycles. The largest absolute Gasteiger partial charge is 0.497 e. The van der Waals surface area contributed by atoms with Gasteiger partial charge in [0.2, 0.25) is 5.95 Å². The van der Waals surface area contributed by atoms with Crippen LogP contribution in [0.2, 0.25) is 4.34 Å². The minimum atomic E-state index is -0.363. The Labute approximate surface area is 182 Å². The second-order valence-electron chi connectivity index (χ2n) is 6.64. The first kappa shape index (κ1) is 20.6. The predicted molar refractivity (Wildman–Crippen MR) is 114 cm³/mol. The molecule has 30 heavy (non-hydrogen) atoms. The van der Waals surface area contributed by atoms with E-state index in [9.17, 15) is 4.79 Å². The van der Waals surface area contributed by atoms with Crippen LogP contribution < -0.4 is 14.8 Å². The molecule has 1 unspecified atom stereocenters.